The fraction of sp³-hybridized carbons (Fsp3) is 0.318. The quantitative estimate of drug-likeness (QED) is 0.598. The Balaban J connectivity index is 1.55. The Labute approximate surface area is 191 Å². The molecular weight excluding hydrogens is 452 g/mol. The van der Waals surface area contributed by atoms with Gasteiger partial charge in [-0.15, -0.1) is 0 Å². The van der Waals surface area contributed by atoms with Crippen LogP contribution in [0.2, 0.25) is 5.02 Å². The zero-order chi connectivity index (χ0) is 22.9. The SMILES string of the molecule is Cc1nc(-c2ccc(C)c(S(=O)(=O)N3CCC[C@H](C(=O)Nc4ccc(Cl)cc4)C3)c2)no1. The van der Waals surface area contributed by atoms with E-state index in [4.69, 9.17) is 16.1 Å². The molecule has 2 heterocycles. The summed E-state index contributed by atoms with van der Waals surface area (Å²) in [7, 11) is -3.81. The zero-order valence-electron chi connectivity index (χ0n) is 17.7. The Hall–Kier alpha value is -2.75. The maximum atomic E-state index is 13.5. The van der Waals surface area contributed by atoms with Crippen molar-refractivity contribution in [2.24, 2.45) is 5.92 Å². The van der Waals surface area contributed by atoms with Gasteiger partial charge >= 0.3 is 0 Å². The van der Waals surface area contributed by atoms with Gasteiger partial charge in [0.05, 0.1) is 10.8 Å². The molecule has 0 unspecified atom stereocenters. The molecule has 0 bridgehead atoms. The zero-order valence-corrected chi connectivity index (χ0v) is 19.3. The van der Waals surface area contributed by atoms with Gasteiger partial charge < -0.3 is 9.84 Å². The normalized spacial score (nSPS) is 17.3. The van der Waals surface area contributed by atoms with Crippen molar-refractivity contribution < 1.29 is 17.7 Å². The first-order chi connectivity index (χ1) is 15.2. The van der Waals surface area contributed by atoms with Crippen LogP contribution in [0.5, 0.6) is 0 Å². The number of aromatic nitrogens is 2. The van der Waals surface area contributed by atoms with Gasteiger partial charge in [0.1, 0.15) is 0 Å². The van der Waals surface area contributed by atoms with Gasteiger partial charge in [0.2, 0.25) is 27.6 Å². The van der Waals surface area contributed by atoms with Crippen LogP contribution in [0.1, 0.15) is 24.3 Å². The molecule has 1 N–H and O–H groups in total. The van der Waals surface area contributed by atoms with Crippen LogP contribution in [0.3, 0.4) is 0 Å². The standard InChI is InChI=1S/C22H23ClN4O4S/c1-14-5-6-16(21-24-15(2)31-26-21)12-20(14)32(29,30)27-11-3-4-17(13-27)22(28)25-19-9-7-18(23)8-10-19/h5-10,12,17H,3-4,11,13H2,1-2H3,(H,25,28)/t17-/m0/s1. The lowest BCUT2D eigenvalue weighted by Gasteiger charge is -2.31. The van der Waals surface area contributed by atoms with Gasteiger partial charge in [-0.2, -0.15) is 9.29 Å². The smallest absolute Gasteiger partial charge is 0.243 e. The Morgan fingerprint density at radius 1 is 1.19 bits per heavy atom. The van der Waals surface area contributed by atoms with Crippen molar-refractivity contribution in [2.75, 3.05) is 18.4 Å². The lowest BCUT2D eigenvalue weighted by atomic mass is 9.99. The highest BCUT2D eigenvalue weighted by Gasteiger charge is 2.34. The summed E-state index contributed by atoms with van der Waals surface area (Å²) in [6.45, 7) is 3.89. The summed E-state index contributed by atoms with van der Waals surface area (Å²) < 4.78 is 33.4. The van der Waals surface area contributed by atoms with E-state index in [1.165, 1.54) is 4.31 Å². The fourth-order valence-electron chi connectivity index (χ4n) is 3.72. The van der Waals surface area contributed by atoms with Crippen molar-refractivity contribution in [1.29, 1.82) is 0 Å². The van der Waals surface area contributed by atoms with Crippen LogP contribution in [0.25, 0.3) is 11.4 Å². The highest BCUT2D eigenvalue weighted by molar-refractivity contribution is 7.89. The van der Waals surface area contributed by atoms with Crippen molar-refractivity contribution in [3.63, 3.8) is 0 Å². The second-order valence-electron chi connectivity index (χ2n) is 7.82. The average Bonchev–Trinajstić information content (AvgIpc) is 3.22. The van der Waals surface area contributed by atoms with E-state index < -0.39 is 15.9 Å². The first kappa shape index (κ1) is 22.4. The van der Waals surface area contributed by atoms with Gasteiger partial charge in [0.15, 0.2) is 0 Å². The lowest BCUT2D eigenvalue weighted by Crippen LogP contribution is -2.43. The summed E-state index contributed by atoms with van der Waals surface area (Å²) in [5.74, 6) is 0.0749. The minimum absolute atomic E-state index is 0.118. The molecule has 32 heavy (non-hydrogen) atoms. The molecule has 1 aliphatic rings. The maximum Gasteiger partial charge on any atom is 0.243 e. The molecule has 1 saturated heterocycles. The number of carbonyl (C=O) groups excluding carboxylic acids is 1. The molecule has 8 nitrogen and oxygen atoms in total. The number of halogens is 1. The number of hydrogen-bond acceptors (Lipinski definition) is 6. The van der Waals surface area contributed by atoms with E-state index >= 15 is 0 Å². The molecule has 0 radical (unpaired) electrons. The lowest BCUT2D eigenvalue weighted by molar-refractivity contribution is -0.120. The van der Waals surface area contributed by atoms with Gasteiger partial charge in [0, 0.05) is 36.3 Å². The Bertz CT molecular complexity index is 1240. The van der Waals surface area contributed by atoms with Crippen molar-refractivity contribution in [1.82, 2.24) is 14.4 Å². The first-order valence-corrected chi connectivity index (χ1v) is 12.0. The van der Waals surface area contributed by atoms with E-state index in [1.807, 2.05) is 0 Å². The predicted molar refractivity (Wildman–Crippen MR) is 121 cm³/mol. The van der Waals surface area contributed by atoms with Crippen LogP contribution in [0, 0.1) is 19.8 Å². The summed E-state index contributed by atoms with van der Waals surface area (Å²) in [6.07, 6.45) is 1.22. The third-order valence-corrected chi connectivity index (χ3v) is 7.72. The molecule has 1 atom stereocenters. The van der Waals surface area contributed by atoms with E-state index in [0.717, 1.165) is 0 Å². The Morgan fingerprint density at radius 2 is 1.94 bits per heavy atom. The predicted octanol–water partition coefficient (Wildman–Crippen LogP) is 4.05. The molecule has 1 aliphatic heterocycles. The summed E-state index contributed by atoms with van der Waals surface area (Å²) in [6, 6.07) is 11.9. The van der Waals surface area contributed by atoms with E-state index in [9.17, 15) is 13.2 Å². The number of rotatable bonds is 5. The van der Waals surface area contributed by atoms with E-state index in [1.54, 1.807) is 56.3 Å². The number of aryl methyl sites for hydroxylation is 2. The van der Waals surface area contributed by atoms with Crippen LogP contribution in [0.15, 0.2) is 51.9 Å². The summed E-state index contributed by atoms with van der Waals surface area (Å²) in [5.41, 5.74) is 1.79. The number of amides is 1. The molecule has 2 aromatic carbocycles. The fourth-order valence-corrected chi connectivity index (χ4v) is 5.63. The second-order valence-corrected chi connectivity index (χ2v) is 10.2. The summed E-state index contributed by atoms with van der Waals surface area (Å²) >= 11 is 5.89. The van der Waals surface area contributed by atoms with Crippen LogP contribution >= 0.6 is 11.6 Å². The van der Waals surface area contributed by atoms with Crippen molar-refractivity contribution in [2.45, 2.75) is 31.6 Å². The highest BCUT2D eigenvalue weighted by Crippen LogP contribution is 2.29. The third kappa shape index (κ3) is 4.69. The molecule has 0 spiro atoms. The molecule has 3 aromatic rings. The van der Waals surface area contributed by atoms with Crippen molar-refractivity contribution in [3.8, 4) is 11.4 Å². The molecule has 4 rings (SSSR count). The molecule has 1 amide bonds. The number of piperidine rings is 1. The number of anilines is 1. The summed E-state index contributed by atoms with van der Waals surface area (Å²) in [5, 5.41) is 7.30. The average molecular weight is 475 g/mol. The minimum atomic E-state index is -3.81. The number of sulfonamides is 1. The number of nitrogens with one attached hydrogen (secondary N) is 1. The topological polar surface area (TPSA) is 105 Å². The first-order valence-electron chi connectivity index (χ1n) is 10.2. The van der Waals surface area contributed by atoms with Gasteiger partial charge in [-0.1, -0.05) is 28.9 Å². The van der Waals surface area contributed by atoms with E-state index in [0.29, 0.717) is 52.9 Å². The largest absolute Gasteiger partial charge is 0.339 e. The Morgan fingerprint density at radius 3 is 2.62 bits per heavy atom. The minimum Gasteiger partial charge on any atom is -0.339 e. The van der Waals surface area contributed by atoms with Gasteiger partial charge in [-0.05, 0) is 55.7 Å². The van der Waals surface area contributed by atoms with Gasteiger partial charge in [-0.3, -0.25) is 4.79 Å². The number of carbonyl (C=O) groups is 1. The molecule has 10 heteroatoms. The van der Waals surface area contributed by atoms with Crippen molar-refractivity contribution >= 4 is 33.2 Å². The monoisotopic (exact) mass is 474 g/mol. The molecule has 0 aliphatic carbocycles. The third-order valence-electron chi connectivity index (χ3n) is 5.46. The van der Waals surface area contributed by atoms with Crippen LogP contribution in [-0.4, -0.2) is 41.9 Å². The molecule has 1 aromatic heterocycles. The van der Waals surface area contributed by atoms with Crippen molar-refractivity contribution in [3.05, 3.63) is 58.9 Å². The van der Waals surface area contributed by atoms with Crippen LogP contribution < -0.4 is 5.32 Å². The second kappa shape index (κ2) is 9.01. The van der Waals surface area contributed by atoms with Crippen LogP contribution in [0.4, 0.5) is 5.69 Å². The molecule has 0 saturated carbocycles. The highest BCUT2D eigenvalue weighted by atomic mass is 35.5. The molecule has 1 fully saturated rings. The Kier molecular flexibility index (Phi) is 6.32. The van der Waals surface area contributed by atoms with Gasteiger partial charge in [0.25, 0.3) is 0 Å². The molecule has 168 valence electrons. The summed E-state index contributed by atoms with van der Waals surface area (Å²) in [4.78, 5) is 17.1. The van der Waals surface area contributed by atoms with Crippen LogP contribution in [-0.2, 0) is 14.8 Å². The maximum absolute atomic E-state index is 13.5. The van der Waals surface area contributed by atoms with E-state index in [2.05, 4.69) is 15.5 Å². The number of benzene rings is 2. The van der Waals surface area contributed by atoms with Gasteiger partial charge in [-0.25, -0.2) is 8.42 Å². The molecular formula is C22H23ClN4O4S. The number of hydrogen-bond donors (Lipinski definition) is 1. The number of nitrogens with zero attached hydrogens (tertiary/aromatic N) is 3. The van der Waals surface area contributed by atoms with E-state index in [-0.39, 0.29) is 17.3 Å².